The number of carbonyl (C=O) groups excluding carboxylic acids is 1. The lowest BCUT2D eigenvalue weighted by atomic mass is 9.89. The van der Waals surface area contributed by atoms with Crippen LogP contribution in [0.3, 0.4) is 0 Å². The summed E-state index contributed by atoms with van der Waals surface area (Å²) in [5.74, 6) is -1.17. The molecular formula is C28H30O11. The number of ether oxygens (including phenoxy) is 2. The fourth-order valence-electron chi connectivity index (χ4n) is 4.62. The molecule has 0 saturated carbocycles. The molecule has 11 nitrogen and oxygen atoms in total. The van der Waals surface area contributed by atoms with Crippen LogP contribution in [-0.4, -0.2) is 73.7 Å². The zero-order valence-corrected chi connectivity index (χ0v) is 21.2. The maximum atomic E-state index is 13.0. The van der Waals surface area contributed by atoms with E-state index in [2.05, 4.69) is 0 Å². The molecule has 0 radical (unpaired) electrons. The van der Waals surface area contributed by atoms with Crippen LogP contribution in [0.4, 0.5) is 0 Å². The number of aromatic hydroxyl groups is 2. The van der Waals surface area contributed by atoms with Crippen LogP contribution in [0, 0.1) is 6.92 Å². The molecular weight excluding hydrogens is 512 g/mol. The van der Waals surface area contributed by atoms with E-state index in [1.807, 2.05) is 0 Å². The van der Waals surface area contributed by atoms with Gasteiger partial charge in [0, 0.05) is 18.6 Å². The Morgan fingerprint density at radius 1 is 1.13 bits per heavy atom. The van der Waals surface area contributed by atoms with Gasteiger partial charge < -0.3 is 44.5 Å². The first-order chi connectivity index (χ1) is 18.5. The topological polar surface area (TPSA) is 187 Å². The second-order valence-electron chi connectivity index (χ2n) is 9.55. The summed E-state index contributed by atoms with van der Waals surface area (Å²) in [5.41, 5.74) is 0.249. The normalized spacial score (nSPS) is 24.2. The predicted molar refractivity (Wildman–Crippen MR) is 138 cm³/mol. The van der Waals surface area contributed by atoms with Crippen molar-refractivity contribution in [1.29, 1.82) is 0 Å². The van der Waals surface area contributed by atoms with Gasteiger partial charge in [0.25, 0.3) is 0 Å². The molecule has 1 fully saturated rings. The number of aryl methyl sites for hydroxylation is 1. The van der Waals surface area contributed by atoms with E-state index in [4.69, 9.17) is 13.9 Å². The molecule has 0 aliphatic carbocycles. The number of hydrogen-bond acceptors (Lipinski definition) is 11. The van der Waals surface area contributed by atoms with Crippen LogP contribution in [0.2, 0.25) is 0 Å². The van der Waals surface area contributed by atoms with Crippen molar-refractivity contribution in [2.75, 3.05) is 6.61 Å². The Kier molecular flexibility index (Phi) is 8.38. The van der Waals surface area contributed by atoms with Gasteiger partial charge in [-0.2, -0.15) is 0 Å². The smallest absolute Gasteiger partial charge is 0.331 e. The lowest BCUT2D eigenvalue weighted by molar-refractivity contribution is -0.239. The molecule has 0 bridgehead atoms. The molecule has 6 N–H and O–H groups in total. The van der Waals surface area contributed by atoms with E-state index >= 15 is 0 Å². The Bertz CT molecular complexity index is 1420. The van der Waals surface area contributed by atoms with Gasteiger partial charge in [-0.15, -0.1) is 0 Å². The summed E-state index contributed by atoms with van der Waals surface area (Å²) in [4.78, 5) is 25.7. The third-order valence-electron chi connectivity index (χ3n) is 6.47. The van der Waals surface area contributed by atoms with E-state index in [0.717, 1.165) is 6.08 Å². The summed E-state index contributed by atoms with van der Waals surface area (Å²) in [6.45, 7) is 2.38. The minimum atomic E-state index is -1.75. The maximum absolute atomic E-state index is 13.0. The van der Waals surface area contributed by atoms with Gasteiger partial charge in [-0.05, 0) is 49.2 Å². The Hall–Kier alpha value is -3.74. The summed E-state index contributed by atoms with van der Waals surface area (Å²) in [5, 5.41) is 61.5. The summed E-state index contributed by atoms with van der Waals surface area (Å²) in [6.07, 6.45) is -6.18. The number of esters is 1. The third kappa shape index (κ3) is 5.97. The molecule has 0 amide bonds. The first-order valence-corrected chi connectivity index (χ1v) is 12.3. The standard InChI is InChI=1S/C28H30O11/c1-13-9-18(32)23(26-22(13)19(33)11-17(37-26)10-14(2)30)27-28(25(36)24(35)20(12-29)38-27)39-21(34)8-5-15-3-6-16(31)7-4-15/h3-9,11,14,20,24-25,27-32,35-36H,10,12H2,1-2H3/t14-,20+,24+,25-,27-,28+/m0/s1. The predicted octanol–water partition coefficient (Wildman–Crippen LogP) is 1.22. The van der Waals surface area contributed by atoms with Gasteiger partial charge in [-0.1, -0.05) is 12.1 Å². The largest absolute Gasteiger partial charge is 0.508 e. The van der Waals surface area contributed by atoms with Crippen molar-refractivity contribution < 1.29 is 49.3 Å². The van der Waals surface area contributed by atoms with E-state index in [1.165, 1.54) is 37.3 Å². The van der Waals surface area contributed by atoms with Crippen LogP contribution in [-0.2, 0) is 20.7 Å². The van der Waals surface area contributed by atoms with E-state index < -0.39 is 60.4 Å². The zero-order valence-electron chi connectivity index (χ0n) is 21.2. The maximum Gasteiger partial charge on any atom is 0.331 e. The highest BCUT2D eigenvalue weighted by Gasteiger charge is 2.48. The van der Waals surface area contributed by atoms with Gasteiger partial charge in [-0.3, -0.25) is 4.79 Å². The number of aliphatic hydroxyl groups is 4. The van der Waals surface area contributed by atoms with Gasteiger partial charge in [0.2, 0.25) is 0 Å². The molecule has 0 spiro atoms. The summed E-state index contributed by atoms with van der Waals surface area (Å²) in [6, 6.07) is 8.48. The zero-order chi connectivity index (χ0) is 28.4. The van der Waals surface area contributed by atoms with Crippen molar-refractivity contribution in [1.82, 2.24) is 0 Å². The molecule has 2 aromatic carbocycles. The average Bonchev–Trinajstić information content (AvgIpc) is 2.86. The van der Waals surface area contributed by atoms with Crippen molar-refractivity contribution in [3.63, 3.8) is 0 Å². The number of carbonyl (C=O) groups is 1. The second kappa shape index (κ2) is 11.6. The summed E-state index contributed by atoms with van der Waals surface area (Å²) < 4.78 is 17.2. The van der Waals surface area contributed by atoms with E-state index in [1.54, 1.807) is 19.1 Å². The first kappa shape index (κ1) is 28.3. The third-order valence-corrected chi connectivity index (χ3v) is 6.47. The lowest BCUT2D eigenvalue weighted by Gasteiger charge is -2.42. The van der Waals surface area contributed by atoms with Crippen molar-refractivity contribution in [2.45, 2.75) is 56.9 Å². The van der Waals surface area contributed by atoms with Crippen LogP contribution in [0.25, 0.3) is 17.0 Å². The van der Waals surface area contributed by atoms with Crippen LogP contribution in [0.5, 0.6) is 11.5 Å². The Labute approximate surface area is 222 Å². The monoisotopic (exact) mass is 542 g/mol. The van der Waals surface area contributed by atoms with Crippen molar-refractivity contribution >= 4 is 23.0 Å². The van der Waals surface area contributed by atoms with Crippen LogP contribution in [0.1, 0.15) is 35.5 Å². The van der Waals surface area contributed by atoms with Gasteiger partial charge in [-0.25, -0.2) is 4.79 Å². The molecule has 4 rings (SSSR count). The molecule has 1 aliphatic heterocycles. The highest BCUT2D eigenvalue weighted by molar-refractivity contribution is 5.88. The molecule has 3 aromatic rings. The fraction of sp³-hybridized carbons (Fsp3) is 0.357. The molecule has 39 heavy (non-hydrogen) atoms. The van der Waals surface area contributed by atoms with Gasteiger partial charge >= 0.3 is 5.97 Å². The van der Waals surface area contributed by atoms with E-state index in [9.17, 15) is 40.2 Å². The van der Waals surface area contributed by atoms with Gasteiger partial charge in [0.15, 0.2) is 11.5 Å². The number of rotatable bonds is 7. The quantitative estimate of drug-likeness (QED) is 0.186. The number of hydrogen-bond donors (Lipinski definition) is 6. The number of phenols is 2. The number of aliphatic hydroxyl groups excluding tert-OH is 4. The van der Waals surface area contributed by atoms with Gasteiger partial charge in [0.05, 0.1) is 23.7 Å². The number of benzene rings is 2. The lowest BCUT2D eigenvalue weighted by Crippen LogP contribution is -2.56. The Balaban J connectivity index is 1.79. The van der Waals surface area contributed by atoms with Crippen LogP contribution in [0.15, 0.2) is 51.7 Å². The second-order valence-corrected chi connectivity index (χ2v) is 9.55. The SMILES string of the molecule is Cc1cc(O)c([C@@H]2O[C@H](CO)[C@@H](O)[C@H](O)[C@H]2OC(=O)C=Cc2ccc(O)cc2)c2oc(C[C@H](C)O)cc(=O)c12. The fourth-order valence-corrected chi connectivity index (χ4v) is 4.62. The highest BCUT2D eigenvalue weighted by atomic mass is 16.6. The van der Waals surface area contributed by atoms with Crippen LogP contribution >= 0.6 is 0 Å². The highest BCUT2D eigenvalue weighted by Crippen LogP contribution is 2.42. The van der Waals surface area contributed by atoms with Crippen molar-refractivity contribution in [3.8, 4) is 11.5 Å². The molecule has 0 unspecified atom stereocenters. The summed E-state index contributed by atoms with van der Waals surface area (Å²) in [7, 11) is 0. The Morgan fingerprint density at radius 2 is 1.82 bits per heavy atom. The number of fused-ring (bicyclic) bond motifs is 1. The Morgan fingerprint density at radius 3 is 2.46 bits per heavy atom. The average molecular weight is 543 g/mol. The molecule has 1 aromatic heterocycles. The molecule has 208 valence electrons. The van der Waals surface area contributed by atoms with Crippen LogP contribution < -0.4 is 5.43 Å². The van der Waals surface area contributed by atoms with E-state index in [0.29, 0.717) is 11.1 Å². The van der Waals surface area contributed by atoms with Gasteiger partial charge in [0.1, 0.15) is 47.3 Å². The number of phenolic OH excluding ortho intramolecular Hbond substituents is 2. The summed E-state index contributed by atoms with van der Waals surface area (Å²) >= 11 is 0. The van der Waals surface area contributed by atoms with E-state index in [-0.39, 0.29) is 34.5 Å². The first-order valence-electron chi connectivity index (χ1n) is 12.3. The van der Waals surface area contributed by atoms with Crippen molar-refractivity contribution in [3.05, 3.63) is 75.1 Å². The molecule has 6 atom stereocenters. The molecule has 2 heterocycles. The molecule has 1 aliphatic rings. The molecule has 11 heteroatoms. The van der Waals surface area contributed by atoms with Crippen molar-refractivity contribution in [2.24, 2.45) is 0 Å². The minimum Gasteiger partial charge on any atom is -0.508 e. The molecule has 1 saturated heterocycles. The minimum absolute atomic E-state index is 0.00801.